The number of pyridine rings is 1. The number of aromatic hydroxyl groups is 1. The monoisotopic (exact) mass is 478 g/mol. The molecule has 35 heavy (non-hydrogen) atoms. The number of hydrogen-bond donors (Lipinski definition) is 2. The van der Waals surface area contributed by atoms with E-state index in [-0.39, 0.29) is 23.4 Å². The van der Waals surface area contributed by atoms with Crippen molar-refractivity contribution >= 4 is 29.2 Å². The van der Waals surface area contributed by atoms with Crippen LogP contribution in [-0.2, 0) is 11.3 Å². The summed E-state index contributed by atoms with van der Waals surface area (Å²) in [6.07, 6.45) is 9.26. The van der Waals surface area contributed by atoms with E-state index in [1.807, 2.05) is 13.8 Å². The molecule has 0 bridgehead atoms. The smallest absolute Gasteiger partial charge is 0.270 e. The van der Waals surface area contributed by atoms with Crippen LogP contribution in [0.4, 0.5) is 5.69 Å². The molecule has 1 fully saturated rings. The second-order valence-electron chi connectivity index (χ2n) is 9.11. The van der Waals surface area contributed by atoms with Crippen molar-refractivity contribution in [1.29, 1.82) is 0 Å². The first-order chi connectivity index (χ1) is 16.8. The van der Waals surface area contributed by atoms with Crippen LogP contribution < -0.4 is 20.5 Å². The number of ether oxygens (including phenoxy) is 1. The van der Waals surface area contributed by atoms with Crippen LogP contribution in [0.3, 0.4) is 0 Å². The molecule has 182 valence electrons. The summed E-state index contributed by atoms with van der Waals surface area (Å²) in [4.78, 5) is 44.7. The number of nitrogens with zero attached hydrogens (tertiary/aromatic N) is 5. The van der Waals surface area contributed by atoms with E-state index in [0.717, 1.165) is 12.8 Å². The zero-order valence-corrected chi connectivity index (χ0v) is 19.5. The lowest BCUT2D eigenvalue weighted by Gasteiger charge is -2.28. The highest BCUT2D eigenvalue weighted by Crippen LogP contribution is 2.30. The maximum Gasteiger partial charge on any atom is 0.270 e. The number of carbonyl (C=O) groups is 2. The molecule has 1 saturated carbocycles. The number of nitrogens with one attached hydrogen (secondary N) is 1. The lowest BCUT2D eigenvalue weighted by molar-refractivity contribution is -0.114. The van der Waals surface area contributed by atoms with Gasteiger partial charge in [0.25, 0.3) is 17.4 Å². The third kappa shape index (κ3) is 4.25. The van der Waals surface area contributed by atoms with Crippen molar-refractivity contribution < 1.29 is 19.4 Å². The molecular weight excluding hydrogens is 452 g/mol. The number of rotatable bonds is 6. The highest BCUT2D eigenvalue weighted by Gasteiger charge is 2.30. The second-order valence-corrected chi connectivity index (χ2v) is 9.11. The molecule has 3 aromatic rings. The van der Waals surface area contributed by atoms with E-state index in [2.05, 4.69) is 15.4 Å². The number of aromatic nitrogens is 4. The largest absolute Gasteiger partial charge is 0.492 e. The number of carbonyl (C=O) groups excluding carboxylic acids is 2. The molecule has 4 heterocycles. The SMILES string of the molecule is CC(C)Cn1c(=O)c(C(=O)NC2CC2)c(O)n2ncc(/C=C/C(=O)N3CCOc4cnccc43)c12. The molecule has 11 nitrogen and oxygen atoms in total. The summed E-state index contributed by atoms with van der Waals surface area (Å²) in [5, 5.41) is 17.8. The molecule has 2 aliphatic rings. The van der Waals surface area contributed by atoms with E-state index in [4.69, 9.17) is 4.74 Å². The first-order valence-electron chi connectivity index (χ1n) is 11.6. The molecule has 5 rings (SSSR count). The van der Waals surface area contributed by atoms with Gasteiger partial charge in [-0.05, 0) is 30.9 Å². The Balaban J connectivity index is 1.54. The molecule has 0 aromatic carbocycles. The summed E-state index contributed by atoms with van der Waals surface area (Å²) in [7, 11) is 0. The summed E-state index contributed by atoms with van der Waals surface area (Å²) in [6, 6.07) is 1.74. The number of fused-ring (bicyclic) bond motifs is 2. The Morgan fingerprint density at radius 3 is 2.86 bits per heavy atom. The van der Waals surface area contributed by atoms with Crippen molar-refractivity contribution in [3.05, 3.63) is 52.2 Å². The summed E-state index contributed by atoms with van der Waals surface area (Å²) in [6.45, 7) is 4.92. The standard InChI is InChI=1S/C24H26N6O5/c1-14(2)13-29-22-15(3-6-19(31)28-9-10-35-18-12-25-8-7-17(18)28)11-26-30(22)24(34)20(23(29)33)21(32)27-16-4-5-16/h3,6-8,11-12,14,16,34H,4-5,9-10,13H2,1-2H3,(H,27,32)/b6-3+. The van der Waals surface area contributed by atoms with E-state index in [1.54, 1.807) is 29.4 Å². The average Bonchev–Trinajstić information content (AvgIpc) is 3.55. The topological polar surface area (TPSA) is 131 Å². The molecule has 0 unspecified atom stereocenters. The number of anilines is 1. The van der Waals surface area contributed by atoms with Gasteiger partial charge in [-0.2, -0.15) is 9.61 Å². The first kappa shape index (κ1) is 22.6. The van der Waals surface area contributed by atoms with Gasteiger partial charge in [0.05, 0.1) is 24.6 Å². The summed E-state index contributed by atoms with van der Waals surface area (Å²) in [5.41, 5.74) is 0.459. The Labute approximate surface area is 200 Å². The van der Waals surface area contributed by atoms with Gasteiger partial charge in [0, 0.05) is 30.4 Å². The number of amides is 2. The maximum absolute atomic E-state index is 13.3. The van der Waals surface area contributed by atoms with Gasteiger partial charge in [0.15, 0.2) is 11.3 Å². The fourth-order valence-electron chi connectivity index (χ4n) is 4.10. The maximum atomic E-state index is 13.3. The van der Waals surface area contributed by atoms with Crippen LogP contribution in [0.1, 0.15) is 42.6 Å². The minimum Gasteiger partial charge on any atom is -0.492 e. The summed E-state index contributed by atoms with van der Waals surface area (Å²) >= 11 is 0. The normalized spacial score (nSPS) is 15.5. The van der Waals surface area contributed by atoms with Crippen molar-refractivity contribution in [3.8, 4) is 11.6 Å². The molecule has 0 radical (unpaired) electrons. The van der Waals surface area contributed by atoms with Crippen LogP contribution in [0.5, 0.6) is 11.6 Å². The Kier molecular flexibility index (Phi) is 5.75. The van der Waals surface area contributed by atoms with Gasteiger partial charge in [-0.1, -0.05) is 13.8 Å². The van der Waals surface area contributed by atoms with Gasteiger partial charge in [0.2, 0.25) is 5.88 Å². The fraction of sp³-hybridized carbons (Fsp3) is 0.375. The van der Waals surface area contributed by atoms with E-state index >= 15 is 0 Å². The van der Waals surface area contributed by atoms with E-state index in [1.165, 1.54) is 21.4 Å². The van der Waals surface area contributed by atoms with Crippen LogP contribution in [0.25, 0.3) is 11.7 Å². The molecule has 0 saturated heterocycles. The van der Waals surface area contributed by atoms with E-state index in [9.17, 15) is 19.5 Å². The van der Waals surface area contributed by atoms with Gasteiger partial charge in [-0.15, -0.1) is 0 Å². The predicted octanol–water partition coefficient (Wildman–Crippen LogP) is 1.58. The Morgan fingerprint density at radius 1 is 1.31 bits per heavy atom. The Hall–Kier alpha value is -4.15. The molecule has 1 aliphatic carbocycles. The summed E-state index contributed by atoms with van der Waals surface area (Å²) < 4.78 is 8.16. The molecular formula is C24H26N6O5. The summed E-state index contributed by atoms with van der Waals surface area (Å²) in [5.74, 6) is -0.805. The van der Waals surface area contributed by atoms with Gasteiger partial charge < -0.3 is 20.1 Å². The Morgan fingerprint density at radius 2 is 2.11 bits per heavy atom. The second kappa shape index (κ2) is 8.90. The van der Waals surface area contributed by atoms with Gasteiger partial charge in [0.1, 0.15) is 12.3 Å². The lowest BCUT2D eigenvalue weighted by atomic mass is 10.2. The highest BCUT2D eigenvalue weighted by atomic mass is 16.5. The minimum atomic E-state index is -0.613. The molecule has 11 heteroatoms. The van der Waals surface area contributed by atoms with Crippen molar-refractivity contribution in [2.75, 3.05) is 18.1 Å². The third-order valence-electron chi connectivity index (χ3n) is 5.89. The average molecular weight is 479 g/mol. The molecule has 3 aromatic heterocycles. The minimum absolute atomic E-state index is 0.0266. The first-order valence-corrected chi connectivity index (χ1v) is 11.6. The molecule has 0 spiro atoms. The van der Waals surface area contributed by atoms with Gasteiger partial charge in [-0.3, -0.25) is 23.9 Å². The van der Waals surface area contributed by atoms with Crippen molar-refractivity contribution in [2.45, 2.75) is 39.3 Å². The van der Waals surface area contributed by atoms with E-state index in [0.29, 0.717) is 42.3 Å². The van der Waals surface area contributed by atoms with Gasteiger partial charge in [-0.25, -0.2) is 0 Å². The van der Waals surface area contributed by atoms with Crippen LogP contribution in [0.2, 0.25) is 0 Å². The van der Waals surface area contributed by atoms with Crippen LogP contribution >= 0.6 is 0 Å². The van der Waals surface area contributed by atoms with Gasteiger partial charge >= 0.3 is 0 Å². The zero-order valence-electron chi connectivity index (χ0n) is 19.5. The molecule has 1 aliphatic heterocycles. The number of hydrogen-bond acceptors (Lipinski definition) is 7. The van der Waals surface area contributed by atoms with Crippen LogP contribution in [-0.4, -0.2) is 55.3 Å². The van der Waals surface area contributed by atoms with Crippen LogP contribution in [0, 0.1) is 5.92 Å². The van der Waals surface area contributed by atoms with E-state index < -0.39 is 17.3 Å². The molecule has 2 N–H and O–H groups in total. The van der Waals surface area contributed by atoms with Crippen molar-refractivity contribution in [1.82, 2.24) is 24.5 Å². The fourth-order valence-corrected chi connectivity index (χ4v) is 4.10. The quantitative estimate of drug-likeness (QED) is 0.514. The molecule has 2 amide bonds. The highest BCUT2D eigenvalue weighted by molar-refractivity contribution is 6.05. The van der Waals surface area contributed by atoms with Crippen molar-refractivity contribution in [3.63, 3.8) is 0 Å². The third-order valence-corrected chi connectivity index (χ3v) is 5.89. The Bertz CT molecular complexity index is 1400. The predicted molar refractivity (Wildman–Crippen MR) is 128 cm³/mol. The lowest BCUT2D eigenvalue weighted by Crippen LogP contribution is -2.37. The zero-order chi connectivity index (χ0) is 24.7. The molecule has 0 atom stereocenters. The van der Waals surface area contributed by atoms with Crippen LogP contribution in [0.15, 0.2) is 35.5 Å². The van der Waals surface area contributed by atoms with Crippen molar-refractivity contribution in [2.24, 2.45) is 5.92 Å².